The highest BCUT2D eigenvalue weighted by molar-refractivity contribution is 6.28. The van der Waals surface area contributed by atoms with Gasteiger partial charge >= 0.3 is 0 Å². The molecule has 1 fully saturated rings. The molecule has 1 aliphatic carbocycles. The van der Waals surface area contributed by atoms with Crippen LogP contribution in [0.5, 0.6) is 0 Å². The topological polar surface area (TPSA) is 96.1 Å². The molecule has 7 nitrogen and oxygen atoms in total. The normalized spacial score (nSPS) is 26.4. The van der Waals surface area contributed by atoms with E-state index in [9.17, 15) is 10.2 Å². The summed E-state index contributed by atoms with van der Waals surface area (Å²) in [5.41, 5.74) is 1.24. The number of fused-ring (bicyclic) bond motifs is 1. The van der Waals surface area contributed by atoms with Gasteiger partial charge in [-0.2, -0.15) is 9.97 Å². The number of anilines is 1. The lowest BCUT2D eigenvalue weighted by molar-refractivity contribution is -0.0512. The Balaban J connectivity index is 2.08. The number of imidazole rings is 1. The van der Waals surface area contributed by atoms with Gasteiger partial charge in [0, 0.05) is 19.0 Å². The predicted octanol–water partition coefficient (Wildman–Crippen LogP) is 0.436. The van der Waals surface area contributed by atoms with E-state index in [0.29, 0.717) is 23.4 Å². The molecule has 2 aromatic rings. The summed E-state index contributed by atoms with van der Waals surface area (Å²) in [5, 5.41) is 22.0. The van der Waals surface area contributed by atoms with E-state index in [4.69, 9.17) is 11.6 Å². The SMILES string of the molecule is CNc1nc(Cl)nc2c1ncn2[C@H]1C[C@@H](O)[C@@H]1CO. The first-order chi connectivity index (χ1) is 9.15. The van der Waals surface area contributed by atoms with Gasteiger partial charge in [-0.05, 0) is 18.0 Å². The molecule has 102 valence electrons. The maximum Gasteiger partial charge on any atom is 0.226 e. The van der Waals surface area contributed by atoms with E-state index in [-0.39, 0.29) is 23.9 Å². The van der Waals surface area contributed by atoms with Crippen LogP contribution in [0.4, 0.5) is 5.82 Å². The van der Waals surface area contributed by atoms with Gasteiger partial charge in [-0.1, -0.05) is 0 Å². The summed E-state index contributed by atoms with van der Waals surface area (Å²) in [4.78, 5) is 12.5. The van der Waals surface area contributed by atoms with Gasteiger partial charge < -0.3 is 20.1 Å². The van der Waals surface area contributed by atoms with E-state index in [1.54, 1.807) is 13.4 Å². The van der Waals surface area contributed by atoms with Crippen LogP contribution in [0, 0.1) is 5.92 Å². The molecule has 8 heteroatoms. The van der Waals surface area contributed by atoms with Crippen molar-refractivity contribution in [3.8, 4) is 0 Å². The minimum absolute atomic E-state index is 0.0133. The van der Waals surface area contributed by atoms with Crippen LogP contribution >= 0.6 is 11.6 Å². The number of rotatable bonds is 3. The lowest BCUT2D eigenvalue weighted by atomic mass is 9.77. The van der Waals surface area contributed by atoms with E-state index in [2.05, 4.69) is 20.3 Å². The molecule has 0 aromatic carbocycles. The Kier molecular flexibility index (Phi) is 3.04. The quantitative estimate of drug-likeness (QED) is 0.707. The molecule has 0 spiro atoms. The lowest BCUT2D eigenvalue weighted by Gasteiger charge is -2.41. The zero-order valence-electron chi connectivity index (χ0n) is 10.3. The second-order valence-electron chi connectivity index (χ2n) is 4.63. The first-order valence-corrected chi connectivity index (χ1v) is 6.40. The third-order valence-electron chi connectivity index (χ3n) is 3.67. The summed E-state index contributed by atoms with van der Waals surface area (Å²) < 4.78 is 1.84. The molecule has 3 rings (SSSR count). The van der Waals surface area contributed by atoms with Crippen LogP contribution in [0.1, 0.15) is 12.5 Å². The van der Waals surface area contributed by atoms with Crippen molar-refractivity contribution >= 4 is 28.6 Å². The fourth-order valence-electron chi connectivity index (χ4n) is 2.53. The molecule has 0 aliphatic heterocycles. The highest BCUT2D eigenvalue weighted by Crippen LogP contribution is 2.40. The number of hydrogen-bond donors (Lipinski definition) is 3. The average Bonchev–Trinajstić information content (AvgIpc) is 2.78. The zero-order valence-corrected chi connectivity index (χ0v) is 11.0. The van der Waals surface area contributed by atoms with E-state index >= 15 is 0 Å². The van der Waals surface area contributed by atoms with Gasteiger partial charge in [-0.15, -0.1) is 0 Å². The highest BCUT2D eigenvalue weighted by Gasteiger charge is 2.41. The Morgan fingerprint density at radius 3 is 2.95 bits per heavy atom. The van der Waals surface area contributed by atoms with Gasteiger partial charge in [0.1, 0.15) is 0 Å². The molecule has 1 saturated carbocycles. The standard InChI is InChI=1S/C11H14ClN5O2/c1-13-9-8-10(16-11(12)15-9)17(4-14-8)6-2-7(19)5(6)3-18/h4-7,18-19H,2-3H2,1H3,(H,13,15,16)/t5-,6+,7-/m1/s1. The molecule has 2 aromatic heterocycles. The summed E-state index contributed by atoms with van der Waals surface area (Å²) in [6.45, 7) is -0.0663. The first kappa shape index (κ1) is 12.6. The van der Waals surface area contributed by atoms with Crippen LogP contribution in [-0.2, 0) is 0 Å². The Morgan fingerprint density at radius 1 is 1.53 bits per heavy atom. The highest BCUT2D eigenvalue weighted by atomic mass is 35.5. The molecular weight excluding hydrogens is 270 g/mol. The van der Waals surface area contributed by atoms with Gasteiger partial charge in [0.15, 0.2) is 17.0 Å². The number of aliphatic hydroxyl groups is 2. The molecule has 0 saturated heterocycles. The van der Waals surface area contributed by atoms with Gasteiger partial charge in [-0.3, -0.25) is 0 Å². The predicted molar refractivity (Wildman–Crippen MR) is 70.1 cm³/mol. The van der Waals surface area contributed by atoms with Crippen molar-refractivity contribution in [2.75, 3.05) is 19.0 Å². The third-order valence-corrected chi connectivity index (χ3v) is 3.84. The Morgan fingerprint density at radius 2 is 2.32 bits per heavy atom. The van der Waals surface area contributed by atoms with E-state index < -0.39 is 6.10 Å². The number of aliphatic hydroxyl groups excluding tert-OH is 2. The van der Waals surface area contributed by atoms with E-state index in [0.717, 1.165) is 0 Å². The minimum atomic E-state index is -0.478. The second kappa shape index (κ2) is 4.59. The van der Waals surface area contributed by atoms with Crippen LogP contribution in [0.2, 0.25) is 5.28 Å². The summed E-state index contributed by atoms with van der Waals surface area (Å²) in [6.07, 6.45) is 1.75. The maximum absolute atomic E-state index is 9.64. The Hall–Kier alpha value is -1.44. The summed E-state index contributed by atoms with van der Waals surface area (Å²) in [7, 11) is 1.74. The molecule has 3 atom stereocenters. The fraction of sp³-hybridized carbons (Fsp3) is 0.545. The second-order valence-corrected chi connectivity index (χ2v) is 4.97. The lowest BCUT2D eigenvalue weighted by Crippen LogP contribution is -2.44. The summed E-state index contributed by atoms with van der Waals surface area (Å²) in [5.74, 6) is 0.373. The number of nitrogens with zero attached hydrogens (tertiary/aromatic N) is 4. The van der Waals surface area contributed by atoms with Gasteiger partial charge in [0.25, 0.3) is 0 Å². The van der Waals surface area contributed by atoms with Crippen molar-refractivity contribution in [1.29, 1.82) is 0 Å². The minimum Gasteiger partial charge on any atom is -0.396 e. The first-order valence-electron chi connectivity index (χ1n) is 6.02. The Bertz CT molecular complexity index is 616. The Labute approximate surface area is 114 Å². The number of nitrogens with one attached hydrogen (secondary N) is 1. The monoisotopic (exact) mass is 283 g/mol. The molecule has 0 unspecified atom stereocenters. The molecule has 19 heavy (non-hydrogen) atoms. The molecule has 0 amide bonds. The van der Waals surface area contributed by atoms with Gasteiger partial charge in [0.2, 0.25) is 5.28 Å². The van der Waals surface area contributed by atoms with Crippen LogP contribution in [-0.4, -0.2) is 49.5 Å². The van der Waals surface area contributed by atoms with Crippen LogP contribution in [0.15, 0.2) is 6.33 Å². The maximum atomic E-state index is 9.64. The summed E-state index contributed by atoms with van der Waals surface area (Å²) in [6, 6.07) is -0.0133. The van der Waals surface area contributed by atoms with Crippen LogP contribution in [0.3, 0.4) is 0 Å². The smallest absolute Gasteiger partial charge is 0.226 e. The van der Waals surface area contributed by atoms with Crippen molar-refractivity contribution in [2.45, 2.75) is 18.6 Å². The molecular formula is C11H14ClN5O2. The largest absolute Gasteiger partial charge is 0.396 e. The molecule has 3 N–H and O–H groups in total. The molecule has 0 radical (unpaired) electrons. The molecule has 0 bridgehead atoms. The van der Waals surface area contributed by atoms with Crippen molar-refractivity contribution in [3.05, 3.63) is 11.6 Å². The van der Waals surface area contributed by atoms with Gasteiger partial charge in [0.05, 0.1) is 19.0 Å². The molecule has 2 heterocycles. The van der Waals surface area contributed by atoms with Crippen molar-refractivity contribution in [1.82, 2.24) is 19.5 Å². The zero-order chi connectivity index (χ0) is 13.6. The van der Waals surface area contributed by atoms with Crippen LogP contribution < -0.4 is 5.32 Å². The van der Waals surface area contributed by atoms with Crippen LogP contribution in [0.25, 0.3) is 11.2 Å². The average molecular weight is 284 g/mol. The van der Waals surface area contributed by atoms with E-state index in [1.807, 2.05) is 4.57 Å². The van der Waals surface area contributed by atoms with E-state index in [1.165, 1.54) is 0 Å². The molecule has 1 aliphatic rings. The number of aromatic nitrogens is 4. The third kappa shape index (κ3) is 1.85. The van der Waals surface area contributed by atoms with Crippen molar-refractivity contribution in [3.63, 3.8) is 0 Å². The number of halogens is 1. The number of hydrogen-bond acceptors (Lipinski definition) is 6. The van der Waals surface area contributed by atoms with Crippen molar-refractivity contribution < 1.29 is 10.2 Å². The summed E-state index contributed by atoms with van der Waals surface area (Å²) >= 11 is 5.89. The van der Waals surface area contributed by atoms with Crippen molar-refractivity contribution in [2.24, 2.45) is 5.92 Å². The fourth-order valence-corrected chi connectivity index (χ4v) is 2.69. The van der Waals surface area contributed by atoms with Gasteiger partial charge in [-0.25, -0.2) is 4.98 Å².